The molecule has 0 bridgehead atoms. The summed E-state index contributed by atoms with van der Waals surface area (Å²) in [6.07, 6.45) is 0.800. The van der Waals surface area contributed by atoms with E-state index in [0.29, 0.717) is 11.7 Å². The van der Waals surface area contributed by atoms with Crippen molar-refractivity contribution >= 4 is 17.5 Å². The van der Waals surface area contributed by atoms with Crippen LogP contribution in [0.25, 0.3) is 0 Å². The van der Waals surface area contributed by atoms with E-state index >= 15 is 0 Å². The molecule has 10 heavy (non-hydrogen) atoms. The predicted molar refractivity (Wildman–Crippen MR) is 43.1 cm³/mol. The van der Waals surface area contributed by atoms with Crippen LogP contribution in [0.1, 0.15) is 13.3 Å². The predicted octanol–water partition coefficient (Wildman–Crippen LogP) is 1.64. The molecule has 0 aromatic heterocycles. The van der Waals surface area contributed by atoms with E-state index in [-0.39, 0.29) is 0 Å². The Morgan fingerprint density at radius 3 is 3.10 bits per heavy atom. The van der Waals surface area contributed by atoms with E-state index in [9.17, 15) is 4.79 Å². The molecule has 2 heteroatoms. The minimum atomic E-state index is 0.389. The molecule has 1 aliphatic heterocycles. The van der Waals surface area contributed by atoms with Crippen LogP contribution >= 0.6 is 11.8 Å². The molecule has 54 valence electrons. The van der Waals surface area contributed by atoms with E-state index in [2.05, 4.69) is 0 Å². The maximum Gasteiger partial charge on any atom is 0.159 e. The average molecular weight is 154 g/mol. The second-order valence-electron chi connectivity index (χ2n) is 2.99. The lowest BCUT2D eigenvalue weighted by Gasteiger charge is -1.97. The summed E-state index contributed by atoms with van der Waals surface area (Å²) in [5, 5.41) is 0. The maximum absolute atomic E-state index is 11.1. The fourth-order valence-corrected chi connectivity index (χ4v) is 3.08. The van der Waals surface area contributed by atoms with Gasteiger partial charge in [-0.25, -0.2) is 0 Å². The Balaban J connectivity index is 2.37. The number of ketones is 1. The summed E-state index contributed by atoms with van der Waals surface area (Å²) in [7, 11) is 0. The zero-order chi connectivity index (χ0) is 7.14. The average Bonchev–Trinajstić information content (AvgIpc) is 2.41. The molecule has 1 saturated heterocycles. The van der Waals surface area contributed by atoms with Gasteiger partial charge >= 0.3 is 0 Å². The Kier molecular flexibility index (Phi) is 1.37. The van der Waals surface area contributed by atoms with Gasteiger partial charge in [0, 0.05) is 17.9 Å². The van der Waals surface area contributed by atoms with Gasteiger partial charge in [0.1, 0.15) is 0 Å². The zero-order valence-corrected chi connectivity index (χ0v) is 6.83. The minimum absolute atomic E-state index is 0.389. The largest absolute Gasteiger partial charge is 0.295 e. The highest BCUT2D eigenvalue weighted by Crippen LogP contribution is 2.39. The maximum atomic E-state index is 11.1. The lowest BCUT2D eigenvalue weighted by atomic mass is 10.1. The number of thioether (sulfide) groups is 1. The third kappa shape index (κ3) is 0.749. The minimum Gasteiger partial charge on any atom is -0.295 e. The molecule has 1 unspecified atom stereocenters. The molecule has 0 amide bonds. The number of Topliss-reactive ketones (excluding diaryl/α,β-unsaturated/α-hetero) is 1. The summed E-state index contributed by atoms with van der Waals surface area (Å²) < 4.78 is 0. The van der Waals surface area contributed by atoms with E-state index in [1.165, 1.54) is 11.3 Å². The highest BCUT2D eigenvalue weighted by atomic mass is 32.2. The number of hydrogen-bond donors (Lipinski definition) is 0. The van der Waals surface area contributed by atoms with Gasteiger partial charge in [-0.3, -0.25) is 4.79 Å². The van der Waals surface area contributed by atoms with Crippen LogP contribution in [0, 0.1) is 5.92 Å². The zero-order valence-electron chi connectivity index (χ0n) is 6.02. The van der Waals surface area contributed by atoms with Crippen molar-refractivity contribution in [1.29, 1.82) is 0 Å². The summed E-state index contributed by atoms with van der Waals surface area (Å²) >= 11 is 1.96. The van der Waals surface area contributed by atoms with Crippen LogP contribution in [0.2, 0.25) is 0 Å². The van der Waals surface area contributed by atoms with Crippen LogP contribution in [-0.4, -0.2) is 17.3 Å². The van der Waals surface area contributed by atoms with Gasteiger partial charge in [0.2, 0.25) is 0 Å². The van der Waals surface area contributed by atoms with E-state index in [1.807, 2.05) is 18.7 Å². The Bertz CT molecular complexity index is 217. The van der Waals surface area contributed by atoms with Crippen LogP contribution < -0.4 is 0 Å². The highest BCUT2D eigenvalue weighted by Gasteiger charge is 2.32. The summed E-state index contributed by atoms with van der Waals surface area (Å²) in [4.78, 5) is 11.1. The third-order valence-corrected chi connectivity index (χ3v) is 3.55. The molecule has 2 rings (SSSR count). The molecule has 0 saturated carbocycles. The summed E-state index contributed by atoms with van der Waals surface area (Å²) in [5.74, 6) is 3.30. The number of fused-ring (bicyclic) bond motifs is 1. The molecular weight excluding hydrogens is 144 g/mol. The van der Waals surface area contributed by atoms with Crippen molar-refractivity contribution in [3.8, 4) is 0 Å². The topological polar surface area (TPSA) is 17.1 Å². The molecule has 1 aliphatic carbocycles. The number of hydrogen-bond acceptors (Lipinski definition) is 2. The van der Waals surface area contributed by atoms with Crippen LogP contribution in [0.5, 0.6) is 0 Å². The van der Waals surface area contributed by atoms with Crippen molar-refractivity contribution in [3.63, 3.8) is 0 Å². The SMILES string of the molecule is CC1=C2CSCC2CC1=O. The van der Waals surface area contributed by atoms with Crippen LogP contribution in [0.15, 0.2) is 11.1 Å². The Morgan fingerprint density at radius 2 is 2.40 bits per heavy atom. The van der Waals surface area contributed by atoms with Crippen LogP contribution in [-0.2, 0) is 4.79 Å². The molecule has 0 spiro atoms. The Labute approximate surface area is 64.9 Å². The number of allylic oxidation sites excluding steroid dienone is 1. The monoisotopic (exact) mass is 154 g/mol. The smallest absolute Gasteiger partial charge is 0.159 e. The lowest BCUT2D eigenvalue weighted by Crippen LogP contribution is -1.97. The van der Waals surface area contributed by atoms with Gasteiger partial charge in [0.25, 0.3) is 0 Å². The first-order chi connectivity index (χ1) is 4.79. The highest BCUT2D eigenvalue weighted by molar-refractivity contribution is 7.99. The molecule has 0 N–H and O–H groups in total. The molecule has 0 aromatic rings. The number of carbonyl (C=O) groups excluding carboxylic acids is 1. The second kappa shape index (κ2) is 2.12. The van der Waals surface area contributed by atoms with Gasteiger partial charge in [0.05, 0.1) is 0 Å². The van der Waals surface area contributed by atoms with E-state index in [1.54, 1.807) is 0 Å². The first-order valence-electron chi connectivity index (χ1n) is 3.59. The molecule has 1 nitrogen and oxygen atoms in total. The molecule has 1 fully saturated rings. The molecule has 2 aliphatic rings. The molecule has 1 heterocycles. The van der Waals surface area contributed by atoms with Crippen molar-refractivity contribution in [2.75, 3.05) is 11.5 Å². The first-order valence-corrected chi connectivity index (χ1v) is 4.75. The fraction of sp³-hybridized carbons (Fsp3) is 0.625. The molecule has 0 radical (unpaired) electrons. The number of rotatable bonds is 0. The van der Waals surface area contributed by atoms with Gasteiger partial charge in [-0.2, -0.15) is 11.8 Å². The second-order valence-corrected chi connectivity index (χ2v) is 4.02. The quantitative estimate of drug-likeness (QED) is 0.527. The van der Waals surface area contributed by atoms with Gasteiger partial charge < -0.3 is 0 Å². The molecule has 0 aromatic carbocycles. The first kappa shape index (κ1) is 6.47. The van der Waals surface area contributed by atoms with Crippen molar-refractivity contribution in [3.05, 3.63) is 11.1 Å². The van der Waals surface area contributed by atoms with Crippen LogP contribution in [0.3, 0.4) is 0 Å². The van der Waals surface area contributed by atoms with Gasteiger partial charge in [-0.15, -0.1) is 0 Å². The van der Waals surface area contributed by atoms with Gasteiger partial charge in [-0.1, -0.05) is 0 Å². The van der Waals surface area contributed by atoms with E-state index < -0.39 is 0 Å². The summed E-state index contributed by atoms with van der Waals surface area (Å²) in [6, 6.07) is 0. The Hall–Kier alpha value is -0.240. The van der Waals surface area contributed by atoms with Crippen molar-refractivity contribution in [2.45, 2.75) is 13.3 Å². The van der Waals surface area contributed by atoms with E-state index in [0.717, 1.165) is 17.7 Å². The van der Waals surface area contributed by atoms with Crippen molar-refractivity contribution in [2.24, 2.45) is 5.92 Å². The lowest BCUT2D eigenvalue weighted by molar-refractivity contribution is -0.115. The van der Waals surface area contributed by atoms with Crippen molar-refractivity contribution in [1.82, 2.24) is 0 Å². The van der Waals surface area contributed by atoms with Gasteiger partial charge in [0.15, 0.2) is 5.78 Å². The third-order valence-electron chi connectivity index (χ3n) is 2.40. The molecular formula is C8H10OS. The van der Waals surface area contributed by atoms with Gasteiger partial charge in [-0.05, 0) is 24.0 Å². The Morgan fingerprint density at radius 1 is 1.60 bits per heavy atom. The van der Waals surface area contributed by atoms with Crippen molar-refractivity contribution < 1.29 is 4.79 Å². The summed E-state index contributed by atoms with van der Waals surface area (Å²) in [6.45, 7) is 1.98. The fourth-order valence-electron chi connectivity index (χ4n) is 1.68. The van der Waals surface area contributed by atoms with E-state index in [4.69, 9.17) is 0 Å². The molecule has 1 atom stereocenters. The van der Waals surface area contributed by atoms with Crippen LogP contribution in [0.4, 0.5) is 0 Å². The normalized spacial score (nSPS) is 31.7. The number of carbonyl (C=O) groups is 1. The summed E-state index contributed by atoms with van der Waals surface area (Å²) in [5.41, 5.74) is 2.50. The standard InChI is InChI=1S/C8H10OS/c1-5-7-4-10-3-6(7)2-8(5)9/h6H,2-4H2,1H3.